The first kappa shape index (κ1) is 19.9. The quantitative estimate of drug-likeness (QED) is 0.408. The molecule has 0 spiro atoms. The minimum atomic E-state index is -0.810. The zero-order chi connectivity index (χ0) is 21.3. The fourth-order valence-electron chi connectivity index (χ4n) is 3.41. The lowest BCUT2D eigenvalue weighted by atomic mass is 10.1. The Morgan fingerprint density at radius 3 is 2.93 bits per heavy atom. The second kappa shape index (κ2) is 8.13. The number of nitrogens with one attached hydrogen (secondary N) is 2. The summed E-state index contributed by atoms with van der Waals surface area (Å²) in [6.45, 7) is 1.58. The Balaban J connectivity index is 1.32. The van der Waals surface area contributed by atoms with E-state index < -0.39 is 35.6 Å². The van der Waals surface area contributed by atoms with E-state index in [1.54, 1.807) is 19.1 Å². The highest BCUT2D eigenvalue weighted by Crippen LogP contribution is 2.21. The summed E-state index contributed by atoms with van der Waals surface area (Å²) in [7, 11) is 0. The molecule has 0 amide bonds. The summed E-state index contributed by atoms with van der Waals surface area (Å²) >= 11 is 0. The van der Waals surface area contributed by atoms with Gasteiger partial charge < -0.3 is 20.2 Å². The van der Waals surface area contributed by atoms with Crippen molar-refractivity contribution < 1.29 is 14.3 Å². The van der Waals surface area contributed by atoms with Crippen molar-refractivity contribution >= 4 is 16.9 Å². The Hall–Kier alpha value is -3.43. The van der Waals surface area contributed by atoms with Crippen molar-refractivity contribution in [3.63, 3.8) is 0 Å². The number of benzene rings is 1. The fraction of sp³-hybridized carbons (Fsp3) is 0.286. The van der Waals surface area contributed by atoms with Crippen LogP contribution in [0.1, 0.15) is 17.4 Å². The number of ether oxygens (including phenoxy) is 2. The van der Waals surface area contributed by atoms with E-state index in [4.69, 9.17) is 15.2 Å². The van der Waals surface area contributed by atoms with Crippen molar-refractivity contribution in [2.75, 3.05) is 6.61 Å². The standard InChI is InChI=1S/C21H22N4O5/c1-12-10-25(21(28)24-19(12)26)18-7-6-14(30-18)11-29-20(27)16(22)8-13-9-23-17-5-3-2-4-15(13)17/h2-7,9-10,14,16,18,23H,8,11,22H2,1H3,(H,24,26,28)/t14-,16-,18+/m0/s1. The number of carbonyl (C=O) groups excluding carboxylic acids is 1. The molecular weight excluding hydrogens is 388 g/mol. The molecular formula is C21H22N4O5. The van der Waals surface area contributed by atoms with Gasteiger partial charge in [-0.3, -0.25) is 19.1 Å². The van der Waals surface area contributed by atoms with E-state index in [9.17, 15) is 14.4 Å². The third-order valence-electron chi connectivity index (χ3n) is 5.03. The molecule has 30 heavy (non-hydrogen) atoms. The molecule has 3 aromatic rings. The van der Waals surface area contributed by atoms with Crippen molar-refractivity contribution in [3.8, 4) is 0 Å². The van der Waals surface area contributed by atoms with Gasteiger partial charge in [0.1, 0.15) is 18.8 Å². The smallest absolute Gasteiger partial charge is 0.330 e. The number of esters is 1. The highest BCUT2D eigenvalue weighted by Gasteiger charge is 2.25. The third-order valence-corrected chi connectivity index (χ3v) is 5.03. The van der Waals surface area contributed by atoms with Gasteiger partial charge >= 0.3 is 11.7 Å². The summed E-state index contributed by atoms with van der Waals surface area (Å²) in [5, 5.41) is 1.02. The summed E-state index contributed by atoms with van der Waals surface area (Å²) in [4.78, 5) is 41.2. The van der Waals surface area contributed by atoms with E-state index in [0.29, 0.717) is 12.0 Å². The van der Waals surface area contributed by atoms with Crippen LogP contribution < -0.4 is 17.0 Å². The average molecular weight is 410 g/mol. The molecule has 9 nitrogen and oxygen atoms in total. The monoisotopic (exact) mass is 410 g/mol. The first-order valence-corrected chi connectivity index (χ1v) is 9.55. The molecule has 1 aliphatic rings. The molecule has 156 valence electrons. The maximum absolute atomic E-state index is 12.3. The first-order valence-electron chi connectivity index (χ1n) is 9.55. The van der Waals surface area contributed by atoms with Gasteiger partial charge in [-0.15, -0.1) is 0 Å². The molecule has 1 aliphatic heterocycles. The van der Waals surface area contributed by atoms with E-state index >= 15 is 0 Å². The van der Waals surface area contributed by atoms with Gasteiger partial charge in [0.25, 0.3) is 5.56 Å². The predicted molar refractivity (Wildman–Crippen MR) is 110 cm³/mol. The van der Waals surface area contributed by atoms with E-state index in [1.165, 1.54) is 10.8 Å². The molecule has 0 saturated carbocycles. The second-order valence-electron chi connectivity index (χ2n) is 7.23. The van der Waals surface area contributed by atoms with Crippen LogP contribution in [-0.2, 0) is 20.7 Å². The molecule has 3 heterocycles. The number of nitrogens with zero attached hydrogens (tertiary/aromatic N) is 1. The number of hydrogen-bond acceptors (Lipinski definition) is 6. The summed E-state index contributed by atoms with van der Waals surface area (Å²) < 4.78 is 12.3. The number of para-hydroxylation sites is 1. The largest absolute Gasteiger partial charge is 0.461 e. The van der Waals surface area contributed by atoms with Crippen LogP contribution in [0.15, 0.2) is 58.4 Å². The van der Waals surface area contributed by atoms with Crippen molar-refractivity contribution in [2.45, 2.75) is 31.7 Å². The number of nitrogens with two attached hydrogens (primary N) is 1. The Kier molecular flexibility index (Phi) is 5.39. The molecule has 4 N–H and O–H groups in total. The van der Waals surface area contributed by atoms with Gasteiger partial charge in [0.05, 0.1) is 0 Å². The van der Waals surface area contributed by atoms with E-state index in [0.717, 1.165) is 16.5 Å². The topological polar surface area (TPSA) is 132 Å². The molecule has 9 heteroatoms. The SMILES string of the molecule is Cc1cn([C@H]2C=C[C@@H](COC(=O)[C@@H](N)Cc3c[nH]c4ccccc34)O2)c(=O)[nH]c1=O. The zero-order valence-electron chi connectivity index (χ0n) is 16.3. The lowest BCUT2D eigenvalue weighted by Crippen LogP contribution is -2.36. The normalized spacial score (nSPS) is 19.3. The third kappa shape index (κ3) is 3.98. The van der Waals surface area contributed by atoms with Crippen LogP contribution in [-0.4, -0.2) is 39.3 Å². The predicted octanol–water partition coefficient (Wildman–Crippen LogP) is 0.893. The van der Waals surface area contributed by atoms with Gasteiger partial charge in [-0.2, -0.15) is 0 Å². The van der Waals surface area contributed by atoms with Gasteiger partial charge in [-0.1, -0.05) is 24.3 Å². The van der Waals surface area contributed by atoms with Crippen LogP contribution in [0.5, 0.6) is 0 Å². The Bertz CT molecular complexity index is 1220. The van der Waals surface area contributed by atoms with Gasteiger partial charge in [0.15, 0.2) is 6.23 Å². The molecule has 0 saturated heterocycles. The van der Waals surface area contributed by atoms with Gasteiger partial charge in [0, 0.05) is 35.3 Å². The van der Waals surface area contributed by atoms with Crippen LogP contribution in [0.25, 0.3) is 10.9 Å². The Labute approximate surface area is 171 Å². The molecule has 4 rings (SSSR count). The van der Waals surface area contributed by atoms with E-state index in [2.05, 4.69) is 9.97 Å². The van der Waals surface area contributed by atoms with Crippen molar-refractivity contribution in [3.05, 3.63) is 80.8 Å². The molecule has 0 bridgehead atoms. The number of rotatable bonds is 6. The number of fused-ring (bicyclic) bond motifs is 1. The van der Waals surface area contributed by atoms with E-state index in [1.807, 2.05) is 30.5 Å². The van der Waals surface area contributed by atoms with E-state index in [-0.39, 0.29) is 6.61 Å². The minimum absolute atomic E-state index is 0.0233. The van der Waals surface area contributed by atoms with Crippen LogP contribution in [0.4, 0.5) is 0 Å². The molecule has 1 aromatic carbocycles. The second-order valence-corrected chi connectivity index (χ2v) is 7.23. The molecule has 3 atom stereocenters. The summed E-state index contributed by atoms with van der Waals surface area (Å²) in [5.74, 6) is -0.530. The number of carbonyl (C=O) groups is 1. The highest BCUT2D eigenvalue weighted by atomic mass is 16.6. The number of aromatic nitrogens is 3. The average Bonchev–Trinajstić information content (AvgIpc) is 3.36. The number of aromatic amines is 2. The lowest BCUT2D eigenvalue weighted by molar-refractivity contribution is -0.149. The molecule has 2 aromatic heterocycles. The Morgan fingerprint density at radius 1 is 1.30 bits per heavy atom. The lowest BCUT2D eigenvalue weighted by Gasteiger charge is -2.17. The summed E-state index contributed by atoms with van der Waals surface area (Å²) in [6, 6.07) is 6.98. The minimum Gasteiger partial charge on any atom is -0.461 e. The maximum Gasteiger partial charge on any atom is 0.330 e. The first-order chi connectivity index (χ1) is 14.4. The van der Waals surface area contributed by atoms with Crippen molar-refractivity contribution in [1.82, 2.24) is 14.5 Å². The number of hydrogen-bond donors (Lipinski definition) is 3. The molecule has 0 aliphatic carbocycles. The van der Waals surface area contributed by atoms with Crippen LogP contribution in [0, 0.1) is 6.92 Å². The summed E-state index contributed by atoms with van der Waals surface area (Å²) in [6.07, 6.45) is 5.80. The molecule has 0 unspecified atom stereocenters. The number of H-pyrrole nitrogens is 2. The molecule has 0 radical (unpaired) electrons. The van der Waals surface area contributed by atoms with Gasteiger partial charge in [0.2, 0.25) is 0 Å². The van der Waals surface area contributed by atoms with Crippen LogP contribution in [0.2, 0.25) is 0 Å². The highest BCUT2D eigenvalue weighted by molar-refractivity contribution is 5.84. The van der Waals surface area contributed by atoms with Crippen LogP contribution >= 0.6 is 0 Å². The maximum atomic E-state index is 12.3. The van der Waals surface area contributed by atoms with Crippen LogP contribution in [0.3, 0.4) is 0 Å². The zero-order valence-corrected chi connectivity index (χ0v) is 16.3. The van der Waals surface area contributed by atoms with Crippen molar-refractivity contribution in [2.24, 2.45) is 5.73 Å². The Morgan fingerprint density at radius 2 is 2.10 bits per heavy atom. The fourth-order valence-corrected chi connectivity index (χ4v) is 3.41. The van der Waals surface area contributed by atoms with Gasteiger partial charge in [-0.25, -0.2) is 4.79 Å². The molecule has 0 fully saturated rings. The van der Waals surface area contributed by atoms with Crippen molar-refractivity contribution in [1.29, 1.82) is 0 Å². The number of aryl methyl sites for hydroxylation is 1. The summed E-state index contributed by atoms with van der Waals surface area (Å²) in [5.41, 5.74) is 7.34. The van der Waals surface area contributed by atoms with Gasteiger partial charge in [-0.05, 0) is 24.6 Å².